The van der Waals surface area contributed by atoms with Crippen LogP contribution < -0.4 is 0 Å². The largest absolute Gasteiger partial charge is 0.290 e. The van der Waals surface area contributed by atoms with Crippen molar-refractivity contribution in [2.45, 2.75) is 31.5 Å². The van der Waals surface area contributed by atoms with Crippen molar-refractivity contribution in [3.63, 3.8) is 0 Å². The van der Waals surface area contributed by atoms with Crippen LogP contribution in [0.3, 0.4) is 0 Å². The van der Waals surface area contributed by atoms with E-state index in [9.17, 15) is 13.6 Å². The number of carbonyl (C=O) groups is 1. The zero-order chi connectivity index (χ0) is 11.3. The molecule has 1 aromatic heterocycles. The van der Waals surface area contributed by atoms with Crippen molar-refractivity contribution < 1.29 is 13.6 Å². The van der Waals surface area contributed by atoms with Gasteiger partial charge in [-0.2, -0.15) is 0 Å². The quantitative estimate of drug-likeness (QED) is 0.740. The van der Waals surface area contributed by atoms with Gasteiger partial charge in [-0.1, -0.05) is 0 Å². The van der Waals surface area contributed by atoms with Crippen LogP contribution in [-0.2, 0) is 0 Å². The normalized spacial score (nSPS) is 28.1. The molecular formula is C10H11F2N3O. The Morgan fingerprint density at radius 2 is 2.25 bits per heavy atom. The summed E-state index contributed by atoms with van der Waals surface area (Å²) in [6.45, 7) is -0.673. The van der Waals surface area contributed by atoms with E-state index < -0.39 is 18.9 Å². The van der Waals surface area contributed by atoms with Crippen molar-refractivity contribution >= 4 is 5.78 Å². The molecule has 86 valence electrons. The van der Waals surface area contributed by atoms with Crippen molar-refractivity contribution in [3.05, 3.63) is 11.6 Å². The molecule has 2 atom stereocenters. The number of halogens is 2. The average Bonchev–Trinajstić information content (AvgIpc) is 2.96. The van der Waals surface area contributed by atoms with Crippen molar-refractivity contribution in [2.75, 3.05) is 6.67 Å². The van der Waals surface area contributed by atoms with Crippen LogP contribution in [0.4, 0.5) is 8.78 Å². The lowest BCUT2D eigenvalue weighted by Crippen LogP contribution is -2.10. The molecule has 0 spiro atoms. The van der Waals surface area contributed by atoms with E-state index in [2.05, 4.69) is 10.1 Å². The maximum Gasteiger partial charge on any atom is 0.217 e. The van der Waals surface area contributed by atoms with E-state index in [0.717, 1.165) is 12.8 Å². The summed E-state index contributed by atoms with van der Waals surface area (Å²) in [5.41, 5.74) is 0. The van der Waals surface area contributed by atoms with E-state index in [0.29, 0.717) is 0 Å². The van der Waals surface area contributed by atoms with Gasteiger partial charge < -0.3 is 0 Å². The lowest BCUT2D eigenvalue weighted by Gasteiger charge is -2.04. The van der Waals surface area contributed by atoms with Crippen molar-refractivity contribution in [3.8, 4) is 0 Å². The fourth-order valence-electron chi connectivity index (χ4n) is 2.02. The molecule has 1 aromatic rings. The van der Waals surface area contributed by atoms with Crippen LogP contribution in [0.2, 0.25) is 0 Å². The summed E-state index contributed by atoms with van der Waals surface area (Å²) in [5.74, 6) is 0.0293. The lowest BCUT2D eigenvalue weighted by atomic mass is 10.2. The second-order valence-corrected chi connectivity index (χ2v) is 4.39. The van der Waals surface area contributed by atoms with E-state index >= 15 is 0 Å². The standard InChI is InChI=1S/C10H11F2N3O/c11-4-6-3-7(12)10-13-9(14-15(6)10)8(16)5-1-2-5/h5-7H,1-4H2. The van der Waals surface area contributed by atoms with E-state index in [1.807, 2.05) is 0 Å². The fraction of sp³-hybridized carbons (Fsp3) is 0.700. The van der Waals surface area contributed by atoms with Crippen LogP contribution in [0, 0.1) is 5.92 Å². The summed E-state index contributed by atoms with van der Waals surface area (Å²) in [7, 11) is 0. The predicted octanol–water partition coefficient (Wildman–Crippen LogP) is 1.80. The second-order valence-electron chi connectivity index (χ2n) is 4.39. The molecule has 1 aliphatic carbocycles. The predicted molar refractivity (Wildman–Crippen MR) is 50.6 cm³/mol. The molecule has 0 bridgehead atoms. The topological polar surface area (TPSA) is 47.8 Å². The maximum absolute atomic E-state index is 13.4. The third kappa shape index (κ3) is 1.36. The molecule has 1 saturated carbocycles. The molecule has 2 heterocycles. The summed E-state index contributed by atoms with van der Waals surface area (Å²) < 4.78 is 27.3. The van der Waals surface area contributed by atoms with Gasteiger partial charge in [0.25, 0.3) is 0 Å². The van der Waals surface area contributed by atoms with Crippen molar-refractivity contribution in [1.82, 2.24) is 14.8 Å². The summed E-state index contributed by atoms with van der Waals surface area (Å²) >= 11 is 0. The fourth-order valence-corrected chi connectivity index (χ4v) is 2.02. The molecule has 3 rings (SSSR count). The van der Waals surface area contributed by atoms with Crippen LogP contribution in [-0.4, -0.2) is 27.2 Å². The molecule has 0 N–H and O–H groups in total. The van der Waals surface area contributed by atoms with E-state index in [1.165, 1.54) is 4.68 Å². The molecule has 0 radical (unpaired) electrons. The Bertz CT molecular complexity index is 441. The van der Waals surface area contributed by atoms with Gasteiger partial charge in [0.05, 0.1) is 6.04 Å². The smallest absolute Gasteiger partial charge is 0.217 e. The number of alkyl halides is 2. The minimum absolute atomic E-state index is 0.00464. The SMILES string of the molecule is O=C(c1nc2n(n1)C(CF)CC2F)C1CC1. The first-order valence-corrected chi connectivity index (χ1v) is 5.41. The number of ketones is 1. The monoisotopic (exact) mass is 227 g/mol. The molecule has 2 aliphatic rings. The van der Waals surface area contributed by atoms with Crippen molar-refractivity contribution in [1.29, 1.82) is 0 Å². The zero-order valence-corrected chi connectivity index (χ0v) is 8.57. The number of Topliss-reactive ketones (excluding diaryl/α,β-unsaturated/α-hetero) is 1. The first kappa shape index (κ1) is 9.86. The van der Waals surface area contributed by atoms with E-state index in [4.69, 9.17) is 0 Å². The maximum atomic E-state index is 13.4. The highest BCUT2D eigenvalue weighted by molar-refractivity contribution is 5.95. The molecule has 6 heteroatoms. The van der Waals surface area contributed by atoms with Gasteiger partial charge >= 0.3 is 0 Å². The number of carbonyl (C=O) groups excluding carboxylic acids is 1. The van der Waals surface area contributed by atoms with Gasteiger partial charge in [0.15, 0.2) is 12.0 Å². The van der Waals surface area contributed by atoms with E-state index in [-0.39, 0.29) is 29.8 Å². The van der Waals surface area contributed by atoms with Gasteiger partial charge in [0, 0.05) is 12.3 Å². The zero-order valence-electron chi connectivity index (χ0n) is 8.57. The summed E-state index contributed by atoms with van der Waals surface area (Å²) in [6.07, 6.45) is 0.487. The average molecular weight is 227 g/mol. The Hall–Kier alpha value is -1.33. The molecule has 0 amide bonds. The van der Waals surface area contributed by atoms with Gasteiger partial charge in [-0.3, -0.25) is 4.79 Å². The number of nitrogens with zero attached hydrogens (tertiary/aromatic N) is 3. The van der Waals surface area contributed by atoms with Crippen LogP contribution in [0.1, 0.15) is 47.9 Å². The Labute approximate surface area is 90.7 Å². The van der Waals surface area contributed by atoms with Crippen LogP contribution in [0.25, 0.3) is 0 Å². The van der Waals surface area contributed by atoms with Gasteiger partial charge in [-0.15, -0.1) is 5.10 Å². The Balaban J connectivity index is 1.93. The molecule has 0 saturated heterocycles. The third-order valence-corrected chi connectivity index (χ3v) is 3.11. The summed E-state index contributed by atoms with van der Waals surface area (Å²) in [4.78, 5) is 15.6. The van der Waals surface area contributed by atoms with Crippen molar-refractivity contribution in [2.24, 2.45) is 5.92 Å². The Kier molecular flexibility index (Phi) is 2.05. The third-order valence-electron chi connectivity index (χ3n) is 3.11. The summed E-state index contributed by atoms with van der Waals surface area (Å²) in [5, 5.41) is 3.93. The highest BCUT2D eigenvalue weighted by Gasteiger charge is 2.38. The Morgan fingerprint density at radius 3 is 2.88 bits per heavy atom. The second kappa shape index (κ2) is 3.33. The molecule has 2 unspecified atom stereocenters. The van der Waals surface area contributed by atoms with E-state index in [1.54, 1.807) is 0 Å². The Morgan fingerprint density at radius 1 is 1.50 bits per heavy atom. The summed E-state index contributed by atoms with van der Waals surface area (Å²) in [6, 6.07) is -0.599. The number of rotatable bonds is 3. The van der Waals surface area contributed by atoms with Gasteiger partial charge in [0.1, 0.15) is 6.67 Å². The number of fused-ring (bicyclic) bond motifs is 1. The van der Waals surface area contributed by atoms with Gasteiger partial charge in [-0.05, 0) is 12.8 Å². The molecule has 0 aromatic carbocycles. The van der Waals surface area contributed by atoms with Crippen LogP contribution >= 0.6 is 0 Å². The highest BCUT2D eigenvalue weighted by atomic mass is 19.1. The molecule has 1 aliphatic heterocycles. The highest BCUT2D eigenvalue weighted by Crippen LogP contribution is 2.37. The van der Waals surface area contributed by atoms with Crippen LogP contribution in [0.5, 0.6) is 0 Å². The first-order chi connectivity index (χ1) is 7.70. The number of hydrogen-bond donors (Lipinski definition) is 0. The first-order valence-electron chi connectivity index (χ1n) is 5.41. The minimum atomic E-state index is -1.30. The number of aromatic nitrogens is 3. The lowest BCUT2D eigenvalue weighted by molar-refractivity contribution is 0.0956. The molecular weight excluding hydrogens is 216 g/mol. The molecule has 4 nitrogen and oxygen atoms in total. The van der Waals surface area contributed by atoms with Gasteiger partial charge in [-0.25, -0.2) is 18.4 Å². The number of hydrogen-bond acceptors (Lipinski definition) is 3. The molecule has 16 heavy (non-hydrogen) atoms. The van der Waals surface area contributed by atoms with Crippen LogP contribution in [0.15, 0.2) is 0 Å². The minimum Gasteiger partial charge on any atom is -0.290 e. The van der Waals surface area contributed by atoms with Gasteiger partial charge in [0.2, 0.25) is 11.6 Å². The molecule has 1 fully saturated rings.